The summed E-state index contributed by atoms with van der Waals surface area (Å²) in [4.78, 5) is 28.9. The number of nitrogens with zero attached hydrogens (tertiary/aromatic N) is 2. The van der Waals surface area contributed by atoms with Crippen LogP contribution in [-0.2, 0) is 22.6 Å². The summed E-state index contributed by atoms with van der Waals surface area (Å²) in [5.74, 6) is -0.115. The highest BCUT2D eigenvalue weighted by Gasteiger charge is 2.36. The molecule has 0 aliphatic carbocycles. The second-order valence-electron chi connectivity index (χ2n) is 8.33. The number of carbonyl (C=O) groups excluding carboxylic acids is 2. The SMILES string of the molecule is CCN(CC)Cc1ccc(CNC(=O)C2CCCN2C(=O)OC(C)(C)C)cc1. The number of carbonyl (C=O) groups is 2. The Hall–Kier alpha value is -2.08. The van der Waals surface area contributed by atoms with Crippen molar-refractivity contribution in [2.24, 2.45) is 0 Å². The fraction of sp³-hybridized carbons (Fsp3) is 0.636. The van der Waals surface area contributed by atoms with Crippen molar-refractivity contribution in [2.45, 2.75) is 72.2 Å². The highest BCUT2D eigenvalue weighted by atomic mass is 16.6. The van der Waals surface area contributed by atoms with Crippen molar-refractivity contribution in [1.82, 2.24) is 15.1 Å². The fourth-order valence-corrected chi connectivity index (χ4v) is 3.35. The molecule has 1 aliphatic rings. The lowest BCUT2D eigenvalue weighted by Gasteiger charge is -2.28. The normalized spacial score (nSPS) is 17.1. The standard InChI is InChI=1S/C22H35N3O3/c1-6-24(7-2)16-18-12-10-17(11-13-18)15-23-20(26)19-9-8-14-25(19)21(27)28-22(3,4)5/h10-13,19H,6-9,14-16H2,1-5H3,(H,23,26). The van der Waals surface area contributed by atoms with Crippen molar-refractivity contribution in [3.8, 4) is 0 Å². The molecule has 0 bridgehead atoms. The van der Waals surface area contributed by atoms with Crippen LogP contribution in [0.2, 0.25) is 0 Å². The molecule has 2 rings (SSSR count). The predicted octanol–water partition coefficient (Wildman–Crippen LogP) is 3.54. The third-order valence-corrected chi connectivity index (χ3v) is 4.97. The summed E-state index contributed by atoms with van der Waals surface area (Å²) < 4.78 is 5.43. The fourth-order valence-electron chi connectivity index (χ4n) is 3.35. The molecule has 1 N–H and O–H groups in total. The van der Waals surface area contributed by atoms with Gasteiger partial charge in [0.25, 0.3) is 0 Å². The van der Waals surface area contributed by atoms with Crippen molar-refractivity contribution in [2.75, 3.05) is 19.6 Å². The van der Waals surface area contributed by atoms with E-state index in [1.165, 1.54) is 5.56 Å². The molecule has 6 nitrogen and oxygen atoms in total. The second kappa shape index (κ2) is 9.92. The van der Waals surface area contributed by atoms with Crippen molar-refractivity contribution in [3.05, 3.63) is 35.4 Å². The van der Waals surface area contributed by atoms with Crippen LogP contribution >= 0.6 is 0 Å². The molecule has 0 saturated carbocycles. The molecular formula is C22H35N3O3. The van der Waals surface area contributed by atoms with E-state index < -0.39 is 17.7 Å². The van der Waals surface area contributed by atoms with Crippen molar-refractivity contribution in [3.63, 3.8) is 0 Å². The first kappa shape index (κ1) is 22.2. The van der Waals surface area contributed by atoms with E-state index in [-0.39, 0.29) is 5.91 Å². The highest BCUT2D eigenvalue weighted by molar-refractivity contribution is 5.86. The second-order valence-corrected chi connectivity index (χ2v) is 8.33. The lowest BCUT2D eigenvalue weighted by atomic mass is 10.1. The minimum atomic E-state index is -0.562. The van der Waals surface area contributed by atoms with Crippen LogP contribution in [0.3, 0.4) is 0 Å². The van der Waals surface area contributed by atoms with Crippen LogP contribution in [0, 0.1) is 0 Å². The Labute approximate surface area is 169 Å². The molecule has 0 radical (unpaired) electrons. The Balaban J connectivity index is 1.88. The molecule has 1 saturated heterocycles. The molecule has 0 spiro atoms. The van der Waals surface area contributed by atoms with E-state index >= 15 is 0 Å². The Morgan fingerprint density at radius 2 is 1.75 bits per heavy atom. The van der Waals surface area contributed by atoms with Gasteiger partial charge in [0.1, 0.15) is 11.6 Å². The van der Waals surface area contributed by atoms with Crippen molar-refractivity contribution < 1.29 is 14.3 Å². The number of hydrogen-bond acceptors (Lipinski definition) is 4. The van der Waals surface area contributed by atoms with Gasteiger partial charge in [-0.2, -0.15) is 0 Å². The van der Waals surface area contributed by atoms with Crippen LogP contribution in [0.1, 0.15) is 58.6 Å². The monoisotopic (exact) mass is 389 g/mol. The maximum absolute atomic E-state index is 12.6. The molecule has 1 aromatic rings. The van der Waals surface area contributed by atoms with E-state index in [9.17, 15) is 9.59 Å². The topological polar surface area (TPSA) is 61.9 Å². The maximum Gasteiger partial charge on any atom is 0.410 e. The predicted molar refractivity (Wildman–Crippen MR) is 111 cm³/mol. The van der Waals surface area contributed by atoms with Crippen LogP contribution in [0.4, 0.5) is 4.79 Å². The molecule has 1 fully saturated rings. The van der Waals surface area contributed by atoms with Gasteiger partial charge in [-0.1, -0.05) is 38.1 Å². The summed E-state index contributed by atoms with van der Waals surface area (Å²) >= 11 is 0. The van der Waals surface area contributed by atoms with E-state index in [4.69, 9.17) is 4.74 Å². The average Bonchev–Trinajstić information content (AvgIpc) is 3.14. The zero-order valence-corrected chi connectivity index (χ0v) is 18.0. The van der Waals surface area contributed by atoms with Crippen LogP contribution in [0.15, 0.2) is 24.3 Å². The first-order valence-corrected chi connectivity index (χ1v) is 10.3. The number of ether oxygens (including phenoxy) is 1. The van der Waals surface area contributed by atoms with E-state index in [0.717, 1.165) is 31.6 Å². The van der Waals surface area contributed by atoms with Gasteiger partial charge in [-0.15, -0.1) is 0 Å². The molecule has 1 unspecified atom stereocenters. The van der Waals surface area contributed by atoms with Gasteiger partial charge in [-0.05, 0) is 57.8 Å². The minimum Gasteiger partial charge on any atom is -0.444 e. The summed E-state index contributed by atoms with van der Waals surface area (Å²) in [6.07, 6.45) is 1.08. The Bertz CT molecular complexity index is 648. The van der Waals surface area contributed by atoms with Gasteiger partial charge >= 0.3 is 6.09 Å². The molecule has 2 amide bonds. The zero-order valence-electron chi connectivity index (χ0n) is 18.0. The smallest absolute Gasteiger partial charge is 0.410 e. The van der Waals surface area contributed by atoms with Crippen LogP contribution < -0.4 is 5.32 Å². The van der Waals surface area contributed by atoms with E-state index in [1.807, 2.05) is 20.8 Å². The number of hydrogen-bond donors (Lipinski definition) is 1. The zero-order chi connectivity index (χ0) is 20.7. The Morgan fingerprint density at radius 1 is 1.14 bits per heavy atom. The molecule has 1 aromatic carbocycles. The van der Waals surface area contributed by atoms with Gasteiger partial charge in [0.15, 0.2) is 0 Å². The van der Waals surface area contributed by atoms with Gasteiger partial charge in [0.2, 0.25) is 5.91 Å². The van der Waals surface area contributed by atoms with Crippen LogP contribution in [0.5, 0.6) is 0 Å². The molecule has 28 heavy (non-hydrogen) atoms. The number of likely N-dealkylation sites (tertiary alicyclic amines) is 1. The van der Waals surface area contributed by atoms with Crippen molar-refractivity contribution in [1.29, 1.82) is 0 Å². The van der Waals surface area contributed by atoms with Crippen LogP contribution in [-0.4, -0.2) is 53.1 Å². The number of rotatable bonds is 7. The Kier molecular flexibility index (Phi) is 7.87. The van der Waals surface area contributed by atoms with Crippen LogP contribution in [0.25, 0.3) is 0 Å². The summed E-state index contributed by atoms with van der Waals surface area (Å²) in [7, 11) is 0. The summed E-state index contributed by atoms with van der Waals surface area (Å²) in [5.41, 5.74) is 1.76. The van der Waals surface area contributed by atoms with Crippen molar-refractivity contribution >= 4 is 12.0 Å². The number of nitrogens with one attached hydrogen (secondary N) is 1. The summed E-state index contributed by atoms with van der Waals surface area (Å²) in [5, 5.41) is 2.97. The highest BCUT2D eigenvalue weighted by Crippen LogP contribution is 2.21. The molecule has 0 aromatic heterocycles. The quantitative estimate of drug-likeness (QED) is 0.775. The van der Waals surface area contributed by atoms with E-state index in [0.29, 0.717) is 19.5 Å². The maximum atomic E-state index is 12.6. The van der Waals surface area contributed by atoms with Gasteiger partial charge in [-0.3, -0.25) is 14.6 Å². The lowest BCUT2D eigenvalue weighted by molar-refractivity contribution is -0.125. The van der Waals surface area contributed by atoms with Gasteiger partial charge in [0.05, 0.1) is 0 Å². The number of amides is 2. The average molecular weight is 390 g/mol. The molecule has 1 heterocycles. The molecule has 6 heteroatoms. The molecule has 1 atom stereocenters. The van der Waals surface area contributed by atoms with E-state index in [1.54, 1.807) is 4.90 Å². The van der Waals surface area contributed by atoms with Gasteiger partial charge in [0, 0.05) is 19.6 Å². The first-order chi connectivity index (χ1) is 13.2. The molecule has 1 aliphatic heterocycles. The lowest BCUT2D eigenvalue weighted by Crippen LogP contribution is -2.47. The molecular weight excluding hydrogens is 354 g/mol. The molecule has 156 valence electrons. The first-order valence-electron chi connectivity index (χ1n) is 10.3. The Morgan fingerprint density at radius 3 is 2.32 bits per heavy atom. The third kappa shape index (κ3) is 6.51. The summed E-state index contributed by atoms with van der Waals surface area (Å²) in [6.45, 7) is 13.9. The number of benzene rings is 1. The third-order valence-electron chi connectivity index (χ3n) is 4.97. The summed E-state index contributed by atoms with van der Waals surface area (Å²) in [6, 6.07) is 7.89. The largest absolute Gasteiger partial charge is 0.444 e. The minimum absolute atomic E-state index is 0.115. The van der Waals surface area contributed by atoms with Gasteiger partial charge in [-0.25, -0.2) is 4.79 Å². The van der Waals surface area contributed by atoms with E-state index in [2.05, 4.69) is 48.3 Å². The van der Waals surface area contributed by atoms with Gasteiger partial charge < -0.3 is 10.1 Å².